The molecule has 3 aromatic rings. The molecule has 2 atom stereocenters. The lowest BCUT2D eigenvalue weighted by Crippen LogP contribution is -2.52. The topological polar surface area (TPSA) is 186 Å². The van der Waals surface area contributed by atoms with Crippen molar-refractivity contribution in [2.45, 2.75) is 128 Å². The Balaban J connectivity index is 0.799. The van der Waals surface area contributed by atoms with Gasteiger partial charge in [-0.2, -0.15) is 0 Å². The zero-order valence-electron chi connectivity index (χ0n) is 38.5. The third kappa shape index (κ3) is 11.1. The number of carbonyl (C=O) groups is 5. The number of carbonyl (C=O) groups excluding carboxylic acids is 5. The van der Waals surface area contributed by atoms with Gasteiger partial charge in [0.2, 0.25) is 11.8 Å². The molecular weight excluding hydrogens is 866 g/mol. The van der Waals surface area contributed by atoms with Gasteiger partial charge in [0.25, 0.3) is 17.7 Å². The molecule has 0 radical (unpaired) electrons. The lowest BCUT2D eigenvalue weighted by Gasteiger charge is -2.33. The first kappa shape index (κ1) is 48.6. The van der Waals surface area contributed by atoms with E-state index in [1.165, 1.54) is 43.8 Å². The standard InChI is InChI=1S/C50H64FN5O9S/c1-4-65-43-27-34(17-20-42(43)64-2)41(31-66(3,62)63)56-49(60)45-33(16-18-39(52)46(45)50(56)61)15-13-11-9-7-5-6-8-10-12-14-24-54-25-22-32(23-26-54)36-28-35(51)29-37-38(36)30-55(48(37)59)40-19-21-44(57)53-47(40)58/h16-18,20,27-29,32,40-41H,4-15,19,21-26,30-31,52H2,1-3H3,(H,53,57,58)/t40-,41+/m0/s1. The van der Waals surface area contributed by atoms with E-state index in [9.17, 15) is 36.8 Å². The highest BCUT2D eigenvalue weighted by molar-refractivity contribution is 7.90. The Bertz CT molecular complexity index is 2440. The van der Waals surface area contributed by atoms with Crippen LogP contribution in [0.15, 0.2) is 42.5 Å². The average molecular weight is 930 g/mol. The maximum absolute atomic E-state index is 14.8. The van der Waals surface area contributed by atoms with Crippen LogP contribution >= 0.6 is 0 Å². The third-order valence-corrected chi connectivity index (χ3v) is 14.6. The largest absolute Gasteiger partial charge is 0.493 e. The number of anilines is 1. The lowest BCUT2D eigenvalue weighted by atomic mass is 9.85. The molecule has 2 saturated heterocycles. The number of hydrogen-bond acceptors (Lipinski definition) is 11. The normalized spacial score (nSPS) is 18.5. The number of imide groups is 2. The van der Waals surface area contributed by atoms with Crippen LogP contribution in [-0.4, -0.2) is 104 Å². The van der Waals surface area contributed by atoms with Crippen LogP contribution in [0, 0.1) is 5.82 Å². The van der Waals surface area contributed by atoms with Crippen LogP contribution in [0.1, 0.15) is 162 Å². The summed E-state index contributed by atoms with van der Waals surface area (Å²) in [6, 6.07) is 9.42. The van der Waals surface area contributed by atoms with Gasteiger partial charge in [-0.25, -0.2) is 12.8 Å². The quantitative estimate of drug-likeness (QED) is 0.0586. The van der Waals surface area contributed by atoms with Gasteiger partial charge < -0.3 is 25.0 Å². The number of piperidine rings is 2. The number of fused-ring (bicyclic) bond motifs is 2. The van der Waals surface area contributed by atoms with Crippen molar-refractivity contribution < 1.29 is 46.3 Å². The molecule has 3 aromatic carbocycles. The number of ether oxygens (including phenoxy) is 2. The predicted octanol–water partition coefficient (Wildman–Crippen LogP) is 7.28. The van der Waals surface area contributed by atoms with Crippen LogP contribution < -0.4 is 20.5 Å². The highest BCUT2D eigenvalue weighted by Gasteiger charge is 2.45. The predicted molar refractivity (Wildman–Crippen MR) is 249 cm³/mol. The maximum Gasteiger partial charge on any atom is 0.264 e. The summed E-state index contributed by atoms with van der Waals surface area (Å²) in [5.74, 6) is -2.21. The van der Waals surface area contributed by atoms with Gasteiger partial charge in [0, 0.05) is 30.5 Å². The van der Waals surface area contributed by atoms with Crippen molar-refractivity contribution in [3.8, 4) is 11.5 Å². The second-order valence-electron chi connectivity index (χ2n) is 18.3. The maximum atomic E-state index is 14.8. The summed E-state index contributed by atoms with van der Waals surface area (Å²) in [5.41, 5.74) is 10.1. The number of nitrogens with zero attached hydrogens (tertiary/aromatic N) is 3. The van der Waals surface area contributed by atoms with Crippen molar-refractivity contribution >= 4 is 45.1 Å². The van der Waals surface area contributed by atoms with Crippen molar-refractivity contribution in [2.24, 2.45) is 0 Å². The third-order valence-electron chi connectivity index (χ3n) is 13.7. The Morgan fingerprint density at radius 2 is 1.48 bits per heavy atom. The van der Waals surface area contributed by atoms with E-state index in [4.69, 9.17) is 15.2 Å². The van der Waals surface area contributed by atoms with Crippen molar-refractivity contribution in [1.29, 1.82) is 0 Å². The van der Waals surface area contributed by atoms with E-state index in [-0.39, 0.29) is 53.9 Å². The fourth-order valence-corrected chi connectivity index (χ4v) is 11.2. The van der Waals surface area contributed by atoms with E-state index in [1.807, 2.05) is 6.92 Å². The molecular formula is C50H64FN5O9S. The van der Waals surface area contributed by atoms with E-state index in [0.717, 1.165) is 98.8 Å². The number of likely N-dealkylation sites (tertiary alicyclic amines) is 1. The number of rotatable bonds is 22. The summed E-state index contributed by atoms with van der Waals surface area (Å²) >= 11 is 0. The molecule has 0 bridgehead atoms. The molecule has 0 unspecified atom stereocenters. The number of nitrogens with two attached hydrogens (primary N) is 1. The number of nitrogens with one attached hydrogen (secondary N) is 1. The first-order valence-corrected chi connectivity index (χ1v) is 25.7. The van der Waals surface area contributed by atoms with Crippen LogP contribution in [0.5, 0.6) is 11.5 Å². The van der Waals surface area contributed by atoms with Crippen molar-refractivity contribution in [2.75, 3.05) is 51.1 Å². The van der Waals surface area contributed by atoms with Crippen molar-refractivity contribution in [1.82, 2.24) is 20.0 Å². The Kier molecular flexibility index (Phi) is 15.8. The highest BCUT2D eigenvalue weighted by Crippen LogP contribution is 2.41. The van der Waals surface area contributed by atoms with E-state index >= 15 is 0 Å². The van der Waals surface area contributed by atoms with Crippen molar-refractivity contribution in [3.05, 3.63) is 87.2 Å². The summed E-state index contributed by atoms with van der Waals surface area (Å²) in [6.07, 6.45) is 14.9. The minimum Gasteiger partial charge on any atom is -0.493 e. The molecule has 2 fully saturated rings. The number of halogens is 1. The monoisotopic (exact) mass is 929 g/mol. The first-order valence-electron chi connectivity index (χ1n) is 23.7. The Hall–Kier alpha value is -5.35. The molecule has 4 aliphatic rings. The summed E-state index contributed by atoms with van der Waals surface area (Å²) < 4.78 is 51.3. The van der Waals surface area contributed by atoms with Crippen LogP contribution in [0.2, 0.25) is 0 Å². The number of aryl methyl sites for hydroxylation is 1. The molecule has 5 amide bonds. The van der Waals surface area contributed by atoms with Gasteiger partial charge >= 0.3 is 0 Å². The number of benzene rings is 3. The van der Waals surface area contributed by atoms with E-state index in [1.54, 1.807) is 36.4 Å². The molecule has 0 saturated carbocycles. The Labute approximate surface area is 387 Å². The fourth-order valence-electron chi connectivity index (χ4n) is 10.3. The minimum absolute atomic E-state index is 0.130. The molecule has 66 heavy (non-hydrogen) atoms. The zero-order valence-corrected chi connectivity index (χ0v) is 39.3. The molecule has 0 aliphatic carbocycles. The van der Waals surface area contributed by atoms with Gasteiger partial charge in [-0.1, -0.05) is 63.5 Å². The summed E-state index contributed by atoms with van der Waals surface area (Å²) in [6.45, 7) is 5.28. The van der Waals surface area contributed by atoms with E-state index < -0.39 is 51.2 Å². The second-order valence-corrected chi connectivity index (χ2v) is 20.5. The summed E-state index contributed by atoms with van der Waals surface area (Å²) in [7, 11) is -2.14. The van der Waals surface area contributed by atoms with Gasteiger partial charge in [0.05, 0.1) is 36.6 Å². The molecule has 0 aromatic heterocycles. The van der Waals surface area contributed by atoms with E-state index in [0.29, 0.717) is 35.7 Å². The van der Waals surface area contributed by atoms with E-state index in [2.05, 4.69) is 10.2 Å². The lowest BCUT2D eigenvalue weighted by molar-refractivity contribution is -0.136. The van der Waals surface area contributed by atoms with Crippen LogP contribution in [0.25, 0.3) is 0 Å². The molecule has 4 heterocycles. The molecule has 14 nitrogen and oxygen atoms in total. The minimum atomic E-state index is -3.64. The highest BCUT2D eigenvalue weighted by atomic mass is 32.2. The van der Waals surface area contributed by atoms with Crippen molar-refractivity contribution in [3.63, 3.8) is 0 Å². The second kappa shape index (κ2) is 21.5. The van der Waals surface area contributed by atoms with Gasteiger partial charge in [-0.3, -0.25) is 34.2 Å². The Morgan fingerprint density at radius 1 is 0.818 bits per heavy atom. The summed E-state index contributed by atoms with van der Waals surface area (Å²) in [4.78, 5) is 70.6. The molecule has 7 rings (SSSR count). The van der Waals surface area contributed by atoms with Crippen LogP contribution in [0.4, 0.5) is 10.1 Å². The zero-order chi connectivity index (χ0) is 47.1. The van der Waals surface area contributed by atoms with Gasteiger partial charge in [-0.05, 0) is 124 Å². The average Bonchev–Trinajstić information content (AvgIpc) is 3.75. The van der Waals surface area contributed by atoms with Crippen LogP contribution in [-0.2, 0) is 32.4 Å². The summed E-state index contributed by atoms with van der Waals surface area (Å²) in [5, 5.41) is 2.33. The fraction of sp³-hybridized carbons (Fsp3) is 0.540. The number of methoxy groups -OCH3 is 1. The molecule has 16 heteroatoms. The molecule has 356 valence electrons. The molecule has 0 spiro atoms. The van der Waals surface area contributed by atoms with Gasteiger partial charge in [-0.15, -0.1) is 0 Å². The number of unbranched alkanes of at least 4 members (excludes halogenated alkanes) is 9. The number of amides is 5. The number of nitrogen functional groups attached to an aromatic ring is 1. The van der Waals surface area contributed by atoms with Crippen LogP contribution in [0.3, 0.4) is 0 Å². The first-order chi connectivity index (χ1) is 31.7. The number of hydrogen-bond donors (Lipinski definition) is 2. The van der Waals surface area contributed by atoms with Gasteiger partial charge in [0.1, 0.15) is 21.7 Å². The van der Waals surface area contributed by atoms with Gasteiger partial charge in [0.15, 0.2) is 11.5 Å². The Morgan fingerprint density at radius 3 is 2.14 bits per heavy atom. The molecule has 3 N–H and O–H groups in total. The molecule has 4 aliphatic heterocycles. The smallest absolute Gasteiger partial charge is 0.264 e. The number of sulfone groups is 1. The SMILES string of the molecule is CCOc1cc([C@@H](CS(C)(=O)=O)N2C(=O)c3c(N)ccc(CCCCCCCCCCCCN4CCC(c5cc(F)cc6c5CN([C@H]5CCC(=O)NC5=O)C6=O)CC4)c3C2=O)ccc1OC.